The number of unbranched alkanes of at least 4 members (excludes halogenated alkanes) is 4. The van der Waals surface area contributed by atoms with Crippen molar-refractivity contribution in [3.05, 3.63) is 17.2 Å². The molecular formula is C18H26O5. The van der Waals surface area contributed by atoms with Crippen molar-refractivity contribution in [2.75, 3.05) is 0 Å². The SMILES string of the molecule is CCCCCC(=O)c1c(O)cc(O)c(C(=O)CCCCC)c1O. The summed E-state index contributed by atoms with van der Waals surface area (Å²) < 4.78 is 0. The number of carbonyl (C=O) groups is 2. The van der Waals surface area contributed by atoms with Gasteiger partial charge in [-0.3, -0.25) is 9.59 Å². The van der Waals surface area contributed by atoms with Crippen molar-refractivity contribution >= 4 is 11.6 Å². The Balaban J connectivity index is 3.06. The third-order valence-electron chi connectivity index (χ3n) is 3.83. The van der Waals surface area contributed by atoms with E-state index in [2.05, 4.69) is 0 Å². The minimum Gasteiger partial charge on any atom is -0.507 e. The maximum absolute atomic E-state index is 12.2. The van der Waals surface area contributed by atoms with Gasteiger partial charge in [0.15, 0.2) is 11.6 Å². The Morgan fingerprint density at radius 1 is 0.783 bits per heavy atom. The highest BCUT2D eigenvalue weighted by atomic mass is 16.3. The molecule has 1 aromatic carbocycles. The number of phenols is 3. The van der Waals surface area contributed by atoms with Gasteiger partial charge in [-0.2, -0.15) is 0 Å². The van der Waals surface area contributed by atoms with Crippen LogP contribution >= 0.6 is 0 Å². The van der Waals surface area contributed by atoms with E-state index in [-0.39, 0.29) is 24.0 Å². The van der Waals surface area contributed by atoms with Gasteiger partial charge in [0.25, 0.3) is 0 Å². The quantitative estimate of drug-likeness (QED) is 0.440. The number of aromatic hydroxyl groups is 3. The Morgan fingerprint density at radius 2 is 1.17 bits per heavy atom. The molecule has 5 heteroatoms. The zero-order valence-electron chi connectivity index (χ0n) is 13.9. The number of hydrogen-bond acceptors (Lipinski definition) is 5. The predicted octanol–water partition coefficient (Wildman–Crippen LogP) is 4.33. The first-order valence-electron chi connectivity index (χ1n) is 8.28. The lowest BCUT2D eigenvalue weighted by Gasteiger charge is -2.12. The average Bonchev–Trinajstić information content (AvgIpc) is 2.47. The molecule has 128 valence electrons. The van der Waals surface area contributed by atoms with Crippen molar-refractivity contribution in [2.24, 2.45) is 0 Å². The van der Waals surface area contributed by atoms with Crippen molar-refractivity contribution in [1.29, 1.82) is 0 Å². The van der Waals surface area contributed by atoms with E-state index in [1.807, 2.05) is 13.8 Å². The zero-order valence-corrected chi connectivity index (χ0v) is 13.9. The molecule has 0 saturated carbocycles. The summed E-state index contributed by atoms with van der Waals surface area (Å²) in [7, 11) is 0. The molecule has 0 aliphatic rings. The number of ketones is 2. The van der Waals surface area contributed by atoms with Crippen LogP contribution in [0.2, 0.25) is 0 Å². The predicted molar refractivity (Wildman–Crippen MR) is 88.4 cm³/mol. The molecule has 5 nitrogen and oxygen atoms in total. The molecule has 0 aliphatic heterocycles. The molecular weight excluding hydrogens is 296 g/mol. The molecule has 0 unspecified atom stereocenters. The van der Waals surface area contributed by atoms with Crippen molar-refractivity contribution in [3.63, 3.8) is 0 Å². The van der Waals surface area contributed by atoms with Gasteiger partial charge in [0.2, 0.25) is 0 Å². The third kappa shape index (κ3) is 4.98. The van der Waals surface area contributed by atoms with Gasteiger partial charge in [0, 0.05) is 18.9 Å². The third-order valence-corrected chi connectivity index (χ3v) is 3.83. The van der Waals surface area contributed by atoms with E-state index in [1.165, 1.54) is 0 Å². The summed E-state index contributed by atoms with van der Waals surface area (Å²) >= 11 is 0. The minimum absolute atomic E-state index is 0.184. The average molecular weight is 322 g/mol. The highest BCUT2D eigenvalue weighted by Gasteiger charge is 2.25. The number of hydrogen-bond donors (Lipinski definition) is 3. The van der Waals surface area contributed by atoms with Gasteiger partial charge in [-0.15, -0.1) is 0 Å². The van der Waals surface area contributed by atoms with Crippen molar-refractivity contribution in [1.82, 2.24) is 0 Å². The van der Waals surface area contributed by atoms with E-state index in [0.29, 0.717) is 12.8 Å². The molecule has 0 radical (unpaired) electrons. The van der Waals surface area contributed by atoms with Crippen LogP contribution in [-0.4, -0.2) is 26.9 Å². The standard InChI is InChI=1S/C18H26O5/c1-3-5-7-9-12(19)16-14(21)11-15(22)17(18(16)23)13(20)10-8-6-4-2/h11,21-23H,3-10H2,1-2H3. The maximum Gasteiger partial charge on any atom is 0.170 e. The molecule has 3 N–H and O–H groups in total. The van der Waals surface area contributed by atoms with Crippen LogP contribution in [0.1, 0.15) is 85.9 Å². The van der Waals surface area contributed by atoms with Crippen LogP contribution in [0.5, 0.6) is 17.2 Å². The Kier molecular flexibility index (Phi) is 7.59. The topological polar surface area (TPSA) is 94.8 Å². The fourth-order valence-corrected chi connectivity index (χ4v) is 2.51. The molecule has 0 atom stereocenters. The summed E-state index contributed by atoms with van der Waals surface area (Å²) in [5.74, 6) is -2.43. The monoisotopic (exact) mass is 322 g/mol. The second-order valence-corrected chi connectivity index (χ2v) is 5.77. The summed E-state index contributed by atoms with van der Waals surface area (Å²) in [6, 6.07) is 0.958. The van der Waals surface area contributed by atoms with Crippen LogP contribution in [0.15, 0.2) is 6.07 Å². The van der Waals surface area contributed by atoms with Gasteiger partial charge in [0.1, 0.15) is 28.4 Å². The van der Waals surface area contributed by atoms with Crippen LogP contribution in [0.3, 0.4) is 0 Å². The Morgan fingerprint density at radius 3 is 1.52 bits per heavy atom. The van der Waals surface area contributed by atoms with Crippen molar-refractivity contribution in [2.45, 2.75) is 65.2 Å². The van der Waals surface area contributed by atoms with E-state index >= 15 is 0 Å². The number of phenolic OH excluding ortho intramolecular Hbond substituents is 3. The number of rotatable bonds is 10. The summed E-state index contributed by atoms with van der Waals surface area (Å²) in [5.41, 5.74) is -0.532. The fourth-order valence-electron chi connectivity index (χ4n) is 2.51. The van der Waals surface area contributed by atoms with Crippen LogP contribution in [0.25, 0.3) is 0 Å². The zero-order chi connectivity index (χ0) is 17.4. The molecule has 23 heavy (non-hydrogen) atoms. The highest BCUT2D eigenvalue weighted by Crippen LogP contribution is 2.39. The van der Waals surface area contributed by atoms with Gasteiger partial charge in [0.05, 0.1) is 0 Å². The number of carbonyl (C=O) groups excluding carboxylic acids is 2. The lowest BCUT2D eigenvalue weighted by Crippen LogP contribution is -2.06. The van der Waals surface area contributed by atoms with Crippen molar-refractivity contribution in [3.8, 4) is 17.2 Å². The normalized spacial score (nSPS) is 10.7. The molecule has 0 aliphatic carbocycles. The van der Waals surface area contributed by atoms with Gasteiger partial charge < -0.3 is 15.3 Å². The lowest BCUT2D eigenvalue weighted by atomic mass is 9.95. The fraction of sp³-hybridized carbons (Fsp3) is 0.556. The molecule has 0 aromatic heterocycles. The molecule has 0 heterocycles. The molecule has 0 saturated heterocycles. The molecule has 0 bridgehead atoms. The largest absolute Gasteiger partial charge is 0.507 e. The van der Waals surface area contributed by atoms with Gasteiger partial charge in [-0.1, -0.05) is 39.5 Å². The van der Waals surface area contributed by atoms with Gasteiger partial charge in [-0.25, -0.2) is 0 Å². The Labute approximate surface area is 137 Å². The first kappa shape index (κ1) is 19.0. The highest BCUT2D eigenvalue weighted by molar-refractivity contribution is 6.08. The van der Waals surface area contributed by atoms with E-state index in [9.17, 15) is 24.9 Å². The second-order valence-electron chi connectivity index (χ2n) is 5.77. The molecule has 0 spiro atoms. The molecule has 0 amide bonds. The summed E-state index contributed by atoms with van der Waals surface area (Å²) in [6.07, 6.45) is 5.29. The van der Waals surface area contributed by atoms with Gasteiger partial charge in [-0.05, 0) is 12.8 Å². The first-order chi connectivity index (χ1) is 10.9. The van der Waals surface area contributed by atoms with Gasteiger partial charge >= 0.3 is 0 Å². The Bertz CT molecular complexity index is 517. The van der Waals surface area contributed by atoms with Crippen molar-refractivity contribution < 1.29 is 24.9 Å². The maximum atomic E-state index is 12.2. The lowest BCUT2D eigenvalue weighted by molar-refractivity contribution is 0.0971. The number of Topliss-reactive ketones (excluding diaryl/α,β-unsaturated/α-hetero) is 2. The summed E-state index contributed by atoms with van der Waals surface area (Å²) in [6.45, 7) is 4.01. The molecule has 0 fully saturated rings. The molecule has 1 rings (SSSR count). The van der Waals surface area contributed by atoms with E-state index in [4.69, 9.17) is 0 Å². The Hall–Kier alpha value is -2.04. The smallest absolute Gasteiger partial charge is 0.170 e. The van der Waals surface area contributed by atoms with E-state index < -0.39 is 28.8 Å². The summed E-state index contributed by atoms with van der Waals surface area (Å²) in [5, 5.41) is 30.0. The van der Waals surface area contributed by atoms with Crippen LogP contribution < -0.4 is 0 Å². The van der Waals surface area contributed by atoms with E-state index in [0.717, 1.165) is 31.7 Å². The van der Waals surface area contributed by atoms with Crippen LogP contribution in [-0.2, 0) is 0 Å². The number of benzene rings is 1. The summed E-state index contributed by atoms with van der Waals surface area (Å²) in [4.78, 5) is 24.4. The van der Waals surface area contributed by atoms with Crippen LogP contribution in [0, 0.1) is 0 Å². The molecule has 1 aromatic rings. The van der Waals surface area contributed by atoms with E-state index in [1.54, 1.807) is 0 Å². The second kappa shape index (κ2) is 9.18. The van der Waals surface area contributed by atoms with Crippen LogP contribution in [0.4, 0.5) is 0 Å². The first-order valence-corrected chi connectivity index (χ1v) is 8.28. The minimum atomic E-state index is -0.606.